The quantitative estimate of drug-likeness (QED) is 0.136. The fourth-order valence-electron chi connectivity index (χ4n) is 7.88. The van der Waals surface area contributed by atoms with Gasteiger partial charge in [-0.05, 0) is 153 Å². The van der Waals surface area contributed by atoms with E-state index in [4.69, 9.17) is 9.47 Å². The Balaban J connectivity index is 1.39. The van der Waals surface area contributed by atoms with E-state index < -0.39 is 29.3 Å². The molecule has 1 N–H and O–H groups in total. The zero-order valence-corrected chi connectivity index (χ0v) is 28.9. The number of benzene rings is 5. The molecule has 1 heterocycles. The molecule has 0 radical (unpaired) electrons. The van der Waals surface area contributed by atoms with Gasteiger partial charge in [-0.15, -0.1) is 0 Å². The van der Waals surface area contributed by atoms with Crippen LogP contribution in [-0.2, 0) is 16.5 Å². The van der Waals surface area contributed by atoms with Crippen LogP contribution in [0.2, 0.25) is 0 Å². The Hall–Kier alpha value is -5.40. The molecule has 262 valence electrons. The van der Waals surface area contributed by atoms with Gasteiger partial charge < -0.3 is 14.6 Å². The molecule has 7 heteroatoms. The molecule has 8 rings (SSSR count). The molecular weight excluding hydrogens is 664 g/mol. The smallest absolute Gasteiger partial charge is 0.416 e. The number of halogens is 4. The van der Waals surface area contributed by atoms with Crippen molar-refractivity contribution in [3.8, 4) is 22.6 Å². The van der Waals surface area contributed by atoms with E-state index >= 15 is 0 Å². The molecule has 3 nitrogen and oxygen atoms in total. The van der Waals surface area contributed by atoms with E-state index in [0.29, 0.717) is 29.0 Å². The van der Waals surface area contributed by atoms with Crippen LogP contribution in [0.1, 0.15) is 67.5 Å². The molecular formula is C45H36F4O3. The van der Waals surface area contributed by atoms with Crippen LogP contribution in [0, 0.1) is 5.82 Å². The molecule has 2 unspecified atom stereocenters. The van der Waals surface area contributed by atoms with Gasteiger partial charge in [0.15, 0.2) is 0 Å². The van der Waals surface area contributed by atoms with Crippen molar-refractivity contribution < 1.29 is 32.1 Å². The lowest BCUT2D eigenvalue weighted by Gasteiger charge is -2.47. The SMILES string of the molecule is CCCCOc1ccc(C2(c3ccc(F)cc3)OC3C(=C4C=c5ccc(-c6ccc(O)cc6)cc5=C4c4ccc(C(F)(F)F)cc43)C(C)=C2C)cc1. The number of phenols is 1. The number of hydrogen-bond acceptors (Lipinski definition) is 3. The first-order valence-corrected chi connectivity index (χ1v) is 17.5. The van der Waals surface area contributed by atoms with Crippen molar-refractivity contribution in [3.05, 3.63) is 176 Å². The molecule has 5 aromatic rings. The summed E-state index contributed by atoms with van der Waals surface area (Å²) in [5, 5.41) is 11.7. The molecule has 3 aliphatic rings. The van der Waals surface area contributed by atoms with E-state index in [9.17, 15) is 22.7 Å². The average molecular weight is 701 g/mol. The van der Waals surface area contributed by atoms with E-state index in [2.05, 4.69) is 19.1 Å². The molecule has 0 spiro atoms. The minimum Gasteiger partial charge on any atom is -0.508 e. The maximum Gasteiger partial charge on any atom is 0.416 e. The van der Waals surface area contributed by atoms with Gasteiger partial charge in [0.1, 0.15) is 29.0 Å². The van der Waals surface area contributed by atoms with E-state index in [-0.39, 0.29) is 5.75 Å². The number of ether oxygens (including phenoxy) is 2. The Bertz CT molecular complexity index is 2400. The summed E-state index contributed by atoms with van der Waals surface area (Å²) in [5.74, 6) is 0.457. The molecule has 0 aromatic heterocycles. The van der Waals surface area contributed by atoms with Gasteiger partial charge in [-0.3, -0.25) is 0 Å². The lowest BCUT2D eigenvalue weighted by molar-refractivity contribution is -0.137. The standard InChI is InChI=1S/C45H36F4O3/c1-4-5-22-51-36-19-12-32(13-20-36)44(31-10-15-34(46)16-11-31)27(3)26(2)41-40-24-30-7-6-29(28-8-17-35(50)18-9-28)23-38(30)42(40)37-21-14-33(45(47,48)49)25-39(37)43(41)52-44/h6-21,23-25,43,50H,4-5,22H2,1-3H3. The predicted molar refractivity (Wildman–Crippen MR) is 194 cm³/mol. The summed E-state index contributed by atoms with van der Waals surface area (Å²) in [5.41, 5.74) is 6.60. The fourth-order valence-corrected chi connectivity index (χ4v) is 7.88. The molecule has 0 bridgehead atoms. The maximum absolute atomic E-state index is 14.4. The number of aromatic hydroxyl groups is 1. The summed E-state index contributed by atoms with van der Waals surface area (Å²) < 4.78 is 71.0. The highest BCUT2D eigenvalue weighted by Crippen LogP contribution is 2.57. The Kier molecular flexibility index (Phi) is 8.22. The number of hydrogen-bond donors (Lipinski definition) is 1. The predicted octanol–water partition coefficient (Wildman–Crippen LogP) is 10.1. The third kappa shape index (κ3) is 5.46. The number of rotatable bonds is 7. The number of phenolic OH excluding ortho intramolecular Hbond substituents is 1. The van der Waals surface area contributed by atoms with Crippen LogP contribution in [0.15, 0.2) is 131 Å². The molecule has 0 fully saturated rings. The summed E-state index contributed by atoms with van der Waals surface area (Å²) in [4.78, 5) is 0. The van der Waals surface area contributed by atoms with Gasteiger partial charge in [-0.2, -0.15) is 13.2 Å². The second-order valence-corrected chi connectivity index (χ2v) is 13.7. The normalized spacial score (nSPS) is 19.1. The lowest BCUT2D eigenvalue weighted by Crippen LogP contribution is -2.40. The van der Waals surface area contributed by atoms with Gasteiger partial charge in [0, 0.05) is 0 Å². The van der Waals surface area contributed by atoms with Gasteiger partial charge in [-0.1, -0.05) is 67.9 Å². The molecule has 5 aromatic carbocycles. The van der Waals surface area contributed by atoms with Crippen molar-refractivity contribution in [2.75, 3.05) is 6.61 Å². The first-order chi connectivity index (χ1) is 25.0. The second-order valence-electron chi connectivity index (χ2n) is 13.7. The summed E-state index contributed by atoms with van der Waals surface area (Å²) in [6.07, 6.45) is -1.44. The van der Waals surface area contributed by atoms with Crippen LogP contribution in [0.25, 0.3) is 22.8 Å². The molecule has 0 saturated heterocycles. The Morgan fingerprint density at radius 1 is 0.808 bits per heavy atom. The van der Waals surface area contributed by atoms with Crippen LogP contribution in [0.4, 0.5) is 17.6 Å². The molecule has 0 amide bonds. The monoisotopic (exact) mass is 700 g/mol. The van der Waals surface area contributed by atoms with Gasteiger partial charge in [0.2, 0.25) is 0 Å². The third-order valence-electron chi connectivity index (χ3n) is 10.6. The maximum atomic E-state index is 14.4. The van der Waals surface area contributed by atoms with Crippen LogP contribution in [0.3, 0.4) is 0 Å². The topological polar surface area (TPSA) is 38.7 Å². The van der Waals surface area contributed by atoms with Crippen molar-refractivity contribution in [2.45, 2.75) is 51.5 Å². The number of alkyl halides is 3. The van der Waals surface area contributed by atoms with Crippen molar-refractivity contribution in [1.29, 1.82) is 0 Å². The van der Waals surface area contributed by atoms with Gasteiger partial charge in [0.05, 0.1) is 12.2 Å². The Morgan fingerprint density at radius 3 is 2.15 bits per heavy atom. The lowest BCUT2D eigenvalue weighted by atomic mass is 9.70. The minimum absolute atomic E-state index is 0.162. The zero-order chi connectivity index (χ0) is 36.4. The van der Waals surface area contributed by atoms with Crippen molar-refractivity contribution in [3.63, 3.8) is 0 Å². The minimum atomic E-state index is -4.58. The highest BCUT2D eigenvalue weighted by molar-refractivity contribution is 5.97. The van der Waals surface area contributed by atoms with Crippen LogP contribution in [0.5, 0.6) is 11.5 Å². The molecule has 0 saturated carbocycles. The summed E-state index contributed by atoms with van der Waals surface area (Å²) in [7, 11) is 0. The number of unbranched alkanes of at least 4 members (excludes halogenated alkanes) is 1. The first kappa shape index (κ1) is 33.7. The van der Waals surface area contributed by atoms with Gasteiger partial charge in [-0.25, -0.2) is 4.39 Å². The molecule has 1 aliphatic heterocycles. The van der Waals surface area contributed by atoms with E-state index in [1.165, 1.54) is 18.2 Å². The largest absolute Gasteiger partial charge is 0.508 e. The Labute approximate surface area is 299 Å². The van der Waals surface area contributed by atoms with E-state index in [1.807, 2.05) is 62.4 Å². The fraction of sp³-hybridized carbons (Fsp3) is 0.200. The van der Waals surface area contributed by atoms with Gasteiger partial charge >= 0.3 is 6.18 Å². The summed E-state index contributed by atoms with van der Waals surface area (Å²) >= 11 is 0. The first-order valence-electron chi connectivity index (χ1n) is 17.5. The van der Waals surface area contributed by atoms with Crippen LogP contribution >= 0.6 is 0 Å². The van der Waals surface area contributed by atoms with Crippen molar-refractivity contribution >= 4 is 11.6 Å². The van der Waals surface area contributed by atoms with Crippen molar-refractivity contribution in [1.82, 2.24) is 0 Å². The van der Waals surface area contributed by atoms with Crippen molar-refractivity contribution in [2.24, 2.45) is 0 Å². The molecule has 2 atom stereocenters. The zero-order valence-electron chi connectivity index (χ0n) is 28.9. The summed E-state index contributed by atoms with van der Waals surface area (Å²) in [6.45, 7) is 6.67. The van der Waals surface area contributed by atoms with Crippen LogP contribution < -0.4 is 15.2 Å². The number of fused-ring (bicyclic) bond motifs is 6. The van der Waals surface area contributed by atoms with E-state index in [1.54, 1.807) is 30.3 Å². The number of allylic oxidation sites excluding steroid dienone is 1. The highest BCUT2D eigenvalue weighted by Gasteiger charge is 2.49. The van der Waals surface area contributed by atoms with Crippen LogP contribution in [-0.4, -0.2) is 11.7 Å². The third-order valence-corrected chi connectivity index (χ3v) is 10.6. The van der Waals surface area contributed by atoms with Gasteiger partial charge in [0.25, 0.3) is 0 Å². The Morgan fingerprint density at radius 2 is 1.48 bits per heavy atom. The average Bonchev–Trinajstić information content (AvgIpc) is 3.52. The molecule has 2 aliphatic carbocycles. The van der Waals surface area contributed by atoms with E-state index in [0.717, 1.165) is 73.9 Å². The summed E-state index contributed by atoms with van der Waals surface area (Å²) in [6, 6.07) is 30.7. The second kappa shape index (κ2) is 12.7. The highest BCUT2D eigenvalue weighted by atomic mass is 19.4. The molecule has 52 heavy (non-hydrogen) atoms.